The lowest BCUT2D eigenvalue weighted by Crippen LogP contribution is -2.41. The van der Waals surface area contributed by atoms with Gasteiger partial charge < -0.3 is 39.6 Å². The molecule has 338 valence electrons. The summed E-state index contributed by atoms with van der Waals surface area (Å²) in [6.45, 7) is 9.87. The van der Waals surface area contributed by atoms with Crippen LogP contribution in [0.15, 0.2) is 77.5 Å². The third-order valence-electron chi connectivity index (χ3n) is 11.3. The highest BCUT2D eigenvalue weighted by Crippen LogP contribution is 2.37. The quantitative estimate of drug-likeness (QED) is 0.180. The van der Waals surface area contributed by atoms with Gasteiger partial charge in [-0.2, -0.15) is 0 Å². The fourth-order valence-corrected chi connectivity index (χ4v) is 7.25. The van der Waals surface area contributed by atoms with Crippen LogP contribution in [0.3, 0.4) is 0 Å². The molecule has 0 bridgehead atoms. The molecule has 4 aromatic rings. The van der Waals surface area contributed by atoms with Crippen LogP contribution in [0.1, 0.15) is 27.7 Å². The Morgan fingerprint density at radius 2 is 1.20 bits per heavy atom. The molecule has 5 aliphatic heterocycles. The van der Waals surface area contributed by atoms with E-state index in [1.54, 1.807) is 47.5 Å². The summed E-state index contributed by atoms with van der Waals surface area (Å²) in [5.41, 5.74) is 0.772. The molecule has 0 aliphatic carbocycles. The van der Waals surface area contributed by atoms with Crippen molar-refractivity contribution in [3.8, 4) is 11.1 Å². The molecule has 0 spiro atoms. The minimum Gasteiger partial charge on any atom is -0.441 e. The Hall–Kier alpha value is -5.94. The molecule has 64 heavy (non-hydrogen) atoms. The van der Waals surface area contributed by atoms with Gasteiger partial charge in [-0.3, -0.25) is 19.6 Å². The van der Waals surface area contributed by atoms with Crippen LogP contribution in [0.4, 0.5) is 51.0 Å². The number of aliphatic hydroxyl groups excluding tert-OH is 2. The van der Waals surface area contributed by atoms with Crippen LogP contribution in [-0.4, -0.2) is 127 Å². The van der Waals surface area contributed by atoms with Crippen LogP contribution in [0.2, 0.25) is 0 Å². The molecule has 0 radical (unpaired) electrons. The zero-order valence-corrected chi connectivity index (χ0v) is 36.9. The largest absolute Gasteiger partial charge is 0.497 e. The maximum absolute atomic E-state index is 14.6. The van der Waals surface area contributed by atoms with E-state index in [0.29, 0.717) is 60.3 Å². The molecule has 9 rings (SSSR count). The lowest BCUT2D eigenvalue weighted by atomic mass is 9.78. The van der Waals surface area contributed by atoms with Crippen LogP contribution in [0.5, 0.6) is 0 Å². The zero-order valence-electron chi connectivity index (χ0n) is 35.3. The van der Waals surface area contributed by atoms with Crippen molar-refractivity contribution in [2.45, 2.75) is 51.1 Å². The second kappa shape index (κ2) is 19.0. The fourth-order valence-electron chi connectivity index (χ4n) is 7.02. The Labute approximate surface area is 375 Å². The molecule has 18 nitrogen and oxygen atoms in total. The maximum atomic E-state index is 14.6. The Bertz CT molecular complexity index is 2370. The SMILES string of the molecule is CC1(C)OB(c2ccc(N3C[C@H](CO)OC3=O)cc2F)OC1(C)C.O=C1NCCN1c1ccc(Br)cn1.O=C1O[C@@H](CO)CN1c1ccc(-c2ccc(N3CCNC3=O)nc2)c(F)c1. The van der Waals surface area contributed by atoms with Gasteiger partial charge in [0.15, 0.2) is 0 Å². The first kappa shape index (κ1) is 46.1. The molecule has 0 unspecified atom stereocenters. The van der Waals surface area contributed by atoms with Gasteiger partial charge in [0.1, 0.15) is 35.5 Å². The topological polar surface area (TPSA) is 208 Å². The number of hydrogen-bond donors (Lipinski definition) is 4. The van der Waals surface area contributed by atoms with Crippen LogP contribution in [0, 0.1) is 11.6 Å². The summed E-state index contributed by atoms with van der Waals surface area (Å²) in [6, 6.07) is 15.6. The summed E-state index contributed by atoms with van der Waals surface area (Å²) in [5.74, 6) is 0.159. The monoisotopic (exact) mass is 950 g/mol. The third-order valence-corrected chi connectivity index (χ3v) is 11.7. The summed E-state index contributed by atoms with van der Waals surface area (Å²) >= 11 is 3.29. The lowest BCUT2D eigenvalue weighted by Gasteiger charge is -2.32. The molecule has 7 heterocycles. The highest BCUT2D eigenvalue weighted by atomic mass is 79.9. The number of rotatable bonds is 8. The van der Waals surface area contributed by atoms with Gasteiger partial charge in [-0.25, -0.2) is 37.9 Å². The number of carbonyl (C=O) groups excluding carboxylic acids is 4. The highest BCUT2D eigenvalue weighted by Gasteiger charge is 2.52. The highest BCUT2D eigenvalue weighted by molar-refractivity contribution is 9.10. The van der Waals surface area contributed by atoms with Gasteiger partial charge in [0, 0.05) is 59.6 Å². The first-order chi connectivity index (χ1) is 30.5. The number of ether oxygens (including phenoxy) is 2. The number of halogens is 3. The predicted molar refractivity (Wildman–Crippen MR) is 235 cm³/mol. The van der Waals surface area contributed by atoms with Gasteiger partial charge in [0.25, 0.3) is 0 Å². The number of aliphatic hydroxyl groups is 2. The molecule has 0 saturated carbocycles. The van der Waals surface area contributed by atoms with Crippen molar-refractivity contribution >= 4 is 75.8 Å². The van der Waals surface area contributed by atoms with Crippen molar-refractivity contribution in [3.63, 3.8) is 0 Å². The van der Waals surface area contributed by atoms with Crippen LogP contribution < -0.4 is 35.7 Å². The first-order valence-corrected chi connectivity index (χ1v) is 21.1. The van der Waals surface area contributed by atoms with Gasteiger partial charge in [-0.15, -0.1) is 0 Å². The summed E-state index contributed by atoms with van der Waals surface area (Å²) in [6.07, 6.45) is 0.766. The Morgan fingerprint density at radius 1 is 0.703 bits per heavy atom. The van der Waals surface area contributed by atoms with Gasteiger partial charge >= 0.3 is 31.4 Å². The van der Waals surface area contributed by atoms with Crippen molar-refractivity contribution in [3.05, 3.63) is 89.2 Å². The smallest absolute Gasteiger partial charge is 0.441 e. The summed E-state index contributed by atoms with van der Waals surface area (Å²) < 4.78 is 51.8. The molecule has 5 saturated heterocycles. The van der Waals surface area contributed by atoms with E-state index in [9.17, 15) is 28.0 Å². The van der Waals surface area contributed by atoms with E-state index >= 15 is 0 Å². The van der Waals surface area contributed by atoms with E-state index in [-0.39, 0.29) is 43.8 Å². The van der Waals surface area contributed by atoms with Crippen molar-refractivity contribution in [2.24, 2.45) is 0 Å². The Kier molecular flexibility index (Phi) is 13.7. The van der Waals surface area contributed by atoms with Crippen LogP contribution in [-0.2, 0) is 18.8 Å². The van der Waals surface area contributed by atoms with Crippen molar-refractivity contribution in [1.29, 1.82) is 0 Å². The number of hydrogen-bond acceptors (Lipinski definition) is 12. The standard InChI is InChI=1S/C18H17FN4O4.C16H21BFNO5.C8H8BrN3O/c19-15-7-12(23-9-13(10-24)27-18(23)26)2-3-14(15)11-1-4-16(21-8-11)22-6-5-20-17(22)25;1-15(2)16(3,4)24-17(23-15)12-6-5-10(7-13(12)18)19-8-11(9-20)22-14(19)21;9-6-1-2-7(11-5-6)12-4-3-10-8(12)13/h1-4,7-8,13,24H,5-6,9-10H2,(H,20,25);5-7,11,20H,8-9H2,1-4H3;1-2,5H,3-4H2,(H,10,13)/t13-;11-;/m11./s1. The zero-order chi connectivity index (χ0) is 45.9. The van der Waals surface area contributed by atoms with E-state index in [4.69, 9.17) is 29.0 Å². The number of nitrogens with one attached hydrogen (secondary N) is 2. The number of cyclic esters (lactones) is 2. The number of amides is 6. The number of aromatic nitrogens is 2. The molecular formula is C42H46BBrF2N8O10. The number of nitrogens with zero attached hydrogens (tertiary/aromatic N) is 6. The Morgan fingerprint density at radius 3 is 1.61 bits per heavy atom. The molecule has 2 aromatic heterocycles. The van der Waals surface area contributed by atoms with Crippen LogP contribution >= 0.6 is 15.9 Å². The van der Waals surface area contributed by atoms with E-state index in [1.165, 1.54) is 33.0 Å². The summed E-state index contributed by atoms with van der Waals surface area (Å²) in [7, 11) is -0.806. The molecule has 4 N–H and O–H groups in total. The normalized spacial score (nSPS) is 20.9. The lowest BCUT2D eigenvalue weighted by molar-refractivity contribution is 0.00578. The molecule has 2 atom stereocenters. The van der Waals surface area contributed by atoms with E-state index in [0.717, 1.165) is 4.47 Å². The third kappa shape index (κ3) is 9.90. The second-order valence-electron chi connectivity index (χ2n) is 16.1. The van der Waals surface area contributed by atoms with Gasteiger partial charge in [0.2, 0.25) is 0 Å². The van der Waals surface area contributed by atoms with Crippen molar-refractivity contribution in [2.75, 3.05) is 72.1 Å². The average Bonchev–Trinajstić information content (AvgIpc) is 4.10. The van der Waals surface area contributed by atoms with Gasteiger partial charge in [0.05, 0.1) is 48.9 Å². The number of pyridine rings is 2. The van der Waals surface area contributed by atoms with Crippen molar-refractivity contribution in [1.82, 2.24) is 20.6 Å². The molecular weight excluding hydrogens is 905 g/mol. The number of carbonyl (C=O) groups is 4. The number of urea groups is 2. The Balaban J connectivity index is 0.000000152. The van der Waals surface area contributed by atoms with Crippen LogP contribution in [0.25, 0.3) is 11.1 Å². The first-order valence-electron chi connectivity index (χ1n) is 20.3. The second-order valence-corrected chi connectivity index (χ2v) is 17.0. The number of benzene rings is 2. The molecule has 6 amide bonds. The average molecular weight is 952 g/mol. The molecule has 22 heteroatoms. The minimum absolute atomic E-state index is 0.0742. The molecule has 5 fully saturated rings. The van der Waals surface area contributed by atoms with E-state index in [2.05, 4.69) is 36.5 Å². The molecule has 5 aliphatic rings. The van der Waals surface area contributed by atoms with Gasteiger partial charge in [-0.05, 0) is 98.2 Å². The minimum atomic E-state index is -0.806. The predicted octanol–water partition coefficient (Wildman–Crippen LogP) is 4.55. The van der Waals surface area contributed by atoms with Gasteiger partial charge in [-0.1, -0.05) is 6.07 Å². The van der Waals surface area contributed by atoms with E-state index in [1.807, 2.05) is 39.8 Å². The fraction of sp³-hybridized carbons (Fsp3) is 0.381. The maximum Gasteiger partial charge on any atom is 0.497 e. The summed E-state index contributed by atoms with van der Waals surface area (Å²) in [5, 5.41) is 23.6. The van der Waals surface area contributed by atoms with E-state index < -0.39 is 54.3 Å². The van der Waals surface area contributed by atoms with Crippen molar-refractivity contribution < 1.29 is 57.0 Å². The molecule has 2 aromatic carbocycles. The summed E-state index contributed by atoms with van der Waals surface area (Å²) in [4.78, 5) is 60.6. The number of anilines is 4.